The van der Waals surface area contributed by atoms with Crippen LogP contribution in [0.5, 0.6) is 0 Å². The van der Waals surface area contributed by atoms with Crippen LogP contribution in [0.2, 0.25) is 0 Å². The van der Waals surface area contributed by atoms with Gasteiger partial charge < -0.3 is 5.11 Å². The molecule has 8 atom stereocenters. The summed E-state index contributed by atoms with van der Waals surface area (Å²) in [7, 11) is 0. The Balaban J connectivity index is 1.54. The molecule has 4 aliphatic carbocycles. The van der Waals surface area contributed by atoms with Gasteiger partial charge in [0, 0.05) is 0 Å². The predicted molar refractivity (Wildman–Crippen MR) is 124 cm³/mol. The molecule has 1 nitrogen and oxygen atoms in total. The van der Waals surface area contributed by atoms with Gasteiger partial charge in [-0.25, -0.2) is 0 Å². The van der Waals surface area contributed by atoms with Gasteiger partial charge in [-0.1, -0.05) is 65.7 Å². The fourth-order valence-electron chi connectivity index (χ4n) is 7.89. The van der Waals surface area contributed by atoms with Crippen LogP contribution >= 0.6 is 0 Å². The SMILES string of the molecule is CC(C)[C@@H](C)CC[C@@H](C)[C@H]1C=CC2=C3CC[C@H]4C[C@@H](O)CC[C@]4(C)[C@H]3CC[C@@]21C. The van der Waals surface area contributed by atoms with E-state index in [9.17, 15) is 5.11 Å². The van der Waals surface area contributed by atoms with Crippen LogP contribution in [0.25, 0.3) is 0 Å². The average Bonchev–Trinajstić information content (AvgIpc) is 3.03. The second kappa shape index (κ2) is 7.85. The van der Waals surface area contributed by atoms with Crippen LogP contribution in [0.4, 0.5) is 0 Å². The molecule has 0 aromatic rings. The van der Waals surface area contributed by atoms with Gasteiger partial charge in [-0.05, 0) is 103 Å². The Kier molecular flexibility index (Phi) is 5.86. The van der Waals surface area contributed by atoms with Gasteiger partial charge in [0.15, 0.2) is 0 Å². The van der Waals surface area contributed by atoms with Crippen LogP contribution in [-0.2, 0) is 0 Å². The smallest absolute Gasteiger partial charge is 0.0543 e. The largest absolute Gasteiger partial charge is 0.393 e. The molecule has 0 spiro atoms. The highest BCUT2D eigenvalue weighted by molar-refractivity contribution is 5.44. The number of allylic oxidation sites excluding steroid dienone is 4. The first-order chi connectivity index (χ1) is 13.7. The zero-order valence-electron chi connectivity index (χ0n) is 20.0. The molecule has 2 fully saturated rings. The molecule has 0 heterocycles. The van der Waals surface area contributed by atoms with E-state index in [1.807, 2.05) is 5.57 Å². The molecule has 0 radical (unpaired) electrons. The first-order valence-corrected chi connectivity index (χ1v) is 12.8. The van der Waals surface area contributed by atoms with E-state index in [4.69, 9.17) is 0 Å². The molecule has 1 heteroatoms. The third-order valence-corrected chi connectivity index (χ3v) is 10.4. The van der Waals surface area contributed by atoms with Crippen LogP contribution in [0, 0.1) is 46.3 Å². The van der Waals surface area contributed by atoms with E-state index >= 15 is 0 Å². The molecule has 0 amide bonds. The Morgan fingerprint density at radius 3 is 2.52 bits per heavy atom. The van der Waals surface area contributed by atoms with Gasteiger partial charge in [0.05, 0.1) is 6.10 Å². The van der Waals surface area contributed by atoms with E-state index < -0.39 is 0 Å². The summed E-state index contributed by atoms with van der Waals surface area (Å²) in [6.45, 7) is 14.9. The van der Waals surface area contributed by atoms with Gasteiger partial charge in [-0.3, -0.25) is 0 Å². The van der Waals surface area contributed by atoms with Crippen molar-refractivity contribution in [3.63, 3.8) is 0 Å². The molecule has 29 heavy (non-hydrogen) atoms. The molecular weight excluding hydrogens is 352 g/mol. The lowest BCUT2D eigenvalue weighted by molar-refractivity contribution is -0.0376. The minimum Gasteiger partial charge on any atom is -0.393 e. The lowest BCUT2D eigenvalue weighted by Crippen LogP contribution is -2.48. The number of rotatable bonds is 5. The molecule has 0 unspecified atom stereocenters. The van der Waals surface area contributed by atoms with Crippen molar-refractivity contribution in [2.24, 2.45) is 46.3 Å². The molecule has 4 rings (SSSR count). The quantitative estimate of drug-likeness (QED) is 0.506. The van der Waals surface area contributed by atoms with Crippen LogP contribution in [0.15, 0.2) is 23.3 Å². The summed E-state index contributed by atoms with van der Waals surface area (Å²) in [6.07, 6.45) is 16.5. The summed E-state index contributed by atoms with van der Waals surface area (Å²) in [4.78, 5) is 0. The van der Waals surface area contributed by atoms with Gasteiger partial charge in [-0.15, -0.1) is 0 Å². The van der Waals surface area contributed by atoms with Crippen molar-refractivity contribution in [2.45, 2.75) is 105 Å². The fourth-order valence-corrected chi connectivity index (χ4v) is 7.89. The van der Waals surface area contributed by atoms with Crippen molar-refractivity contribution in [2.75, 3.05) is 0 Å². The lowest BCUT2D eigenvalue weighted by Gasteiger charge is -2.56. The van der Waals surface area contributed by atoms with Crippen LogP contribution in [0.1, 0.15) is 99.3 Å². The molecule has 164 valence electrons. The Morgan fingerprint density at radius 2 is 1.79 bits per heavy atom. The predicted octanol–water partition coefficient (Wildman–Crippen LogP) is 7.55. The second-order valence-electron chi connectivity index (χ2n) is 12.3. The molecule has 1 N–H and O–H groups in total. The van der Waals surface area contributed by atoms with E-state index in [2.05, 4.69) is 53.7 Å². The van der Waals surface area contributed by atoms with Crippen LogP contribution in [-0.4, -0.2) is 11.2 Å². The highest BCUT2D eigenvalue weighted by Gasteiger charge is 2.54. The standard InChI is InChI=1S/C28H46O/c1-18(2)19(3)7-8-20(4)24-11-12-25-23-10-9-21-17-22(29)13-15-27(21,5)26(23)14-16-28(24,25)6/h11-12,18-22,24,26,29H,7-10,13-17H2,1-6H3/t19-,20+,21-,22-,24+,26-,27-,28+/m0/s1. The summed E-state index contributed by atoms with van der Waals surface area (Å²) >= 11 is 0. The van der Waals surface area contributed by atoms with Gasteiger partial charge in [0.25, 0.3) is 0 Å². The van der Waals surface area contributed by atoms with Gasteiger partial charge >= 0.3 is 0 Å². The molecule has 0 aromatic carbocycles. The average molecular weight is 399 g/mol. The Labute approximate surface area is 180 Å². The van der Waals surface area contributed by atoms with Crippen molar-refractivity contribution in [1.29, 1.82) is 0 Å². The number of aliphatic hydroxyl groups excluding tert-OH is 1. The third-order valence-electron chi connectivity index (χ3n) is 10.4. The van der Waals surface area contributed by atoms with Crippen molar-refractivity contribution < 1.29 is 5.11 Å². The molecule has 0 aromatic heterocycles. The molecule has 0 saturated heterocycles. The van der Waals surface area contributed by atoms with E-state index in [1.54, 1.807) is 5.57 Å². The summed E-state index contributed by atoms with van der Waals surface area (Å²) < 4.78 is 0. The summed E-state index contributed by atoms with van der Waals surface area (Å²) in [5.41, 5.74) is 4.39. The topological polar surface area (TPSA) is 20.2 Å². The van der Waals surface area contributed by atoms with Gasteiger partial charge in [0.1, 0.15) is 0 Å². The van der Waals surface area contributed by atoms with E-state index in [1.165, 1.54) is 44.9 Å². The Bertz CT molecular complexity index is 672. The molecule has 4 aliphatic rings. The highest BCUT2D eigenvalue weighted by Crippen LogP contribution is 2.64. The van der Waals surface area contributed by atoms with Gasteiger partial charge in [0.2, 0.25) is 0 Å². The summed E-state index contributed by atoms with van der Waals surface area (Å²) in [5, 5.41) is 10.2. The van der Waals surface area contributed by atoms with Crippen LogP contribution < -0.4 is 0 Å². The number of hydrogen-bond acceptors (Lipinski definition) is 1. The van der Waals surface area contributed by atoms with Crippen molar-refractivity contribution in [1.82, 2.24) is 0 Å². The first kappa shape index (κ1) is 21.7. The molecular formula is C28H46O. The minimum absolute atomic E-state index is 0.0408. The maximum atomic E-state index is 10.2. The molecule has 0 bridgehead atoms. The molecule has 0 aliphatic heterocycles. The number of fused-ring (bicyclic) bond motifs is 4. The van der Waals surface area contributed by atoms with Gasteiger partial charge in [-0.2, -0.15) is 0 Å². The van der Waals surface area contributed by atoms with E-state index in [-0.39, 0.29) is 6.10 Å². The zero-order valence-corrected chi connectivity index (χ0v) is 20.0. The summed E-state index contributed by atoms with van der Waals surface area (Å²) in [6, 6.07) is 0. The third kappa shape index (κ3) is 3.58. The van der Waals surface area contributed by atoms with E-state index in [0.29, 0.717) is 10.8 Å². The monoisotopic (exact) mass is 398 g/mol. The minimum atomic E-state index is -0.0408. The maximum absolute atomic E-state index is 10.2. The van der Waals surface area contributed by atoms with Crippen LogP contribution in [0.3, 0.4) is 0 Å². The Morgan fingerprint density at radius 1 is 1.03 bits per heavy atom. The maximum Gasteiger partial charge on any atom is 0.0543 e. The normalized spacial score (nSPS) is 43.7. The Hall–Kier alpha value is -0.560. The second-order valence-corrected chi connectivity index (χ2v) is 12.3. The fraction of sp³-hybridized carbons (Fsp3) is 0.857. The first-order valence-electron chi connectivity index (χ1n) is 12.8. The molecule has 2 saturated carbocycles. The number of aliphatic hydroxyl groups is 1. The lowest BCUT2D eigenvalue weighted by atomic mass is 9.48. The van der Waals surface area contributed by atoms with Crippen molar-refractivity contribution >= 4 is 0 Å². The van der Waals surface area contributed by atoms with E-state index in [0.717, 1.165) is 48.3 Å². The van der Waals surface area contributed by atoms with Crippen molar-refractivity contribution in [3.8, 4) is 0 Å². The summed E-state index contributed by atoms with van der Waals surface area (Å²) in [5.74, 6) is 4.66. The van der Waals surface area contributed by atoms with Crippen molar-refractivity contribution in [3.05, 3.63) is 23.3 Å². The highest BCUT2D eigenvalue weighted by atomic mass is 16.3. The number of hydrogen-bond donors (Lipinski definition) is 1. The zero-order chi connectivity index (χ0) is 21.0.